The minimum Gasteiger partial charge on any atom is -0.384 e. The van der Waals surface area contributed by atoms with Gasteiger partial charge in [-0.25, -0.2) is 4.98 Å². The molecule has 2 aromatic heterocycles. The van der Waals surface area contributed by atoms with Crippen molar-refractivity contribution in [2.45, 2.75) is 49.8 Å². The van der Waals surface area contributed by atoms with E-state index in [0.29, 0.717) is 6.04 Å². The van der Waals surface area contributed by atoms with Crippen molar-refractivity contribution < 1.29 is 9.90 Å². The molecule has 1 saturated carbocycles. The molecule has 3 aromatic rings. The van der Waals surface area contributed by atoms with E-state index in [0.717, 1.165) is 66.2 Å². The van der Waals surface area contributed by atoms with Gasteiger partial charge in [-0.3, -0.25) is 14.7 Å². The molecule has 0 spiro atoms. The number of nitrogens with one attached hydrogen (secondary N) is 2. The standard InChI is InChI=1S/C24H29N5O2S/c30-22(15-26-23-28-19-5-1-2-6-20(19)32-23)27-17-10-14-29(16-17)18-8-11-24(31,12-9-18)21-7-3-4-13-25-21/h1-7,13,17-18,31H,8-12,14-16H2,(H,26,28)(H,27,30)/t17-,18?,24?/m1/s1. The van der Waals surface area contributed by atoms with E-state index in [9.17, 15) is 9.90 Å². The van der Waals surface area contributed by atoms with Crippen LogP contribution in [0.3, 0.4) is 0 Å². The molecule has 1 aromatic carbocycles. The number of para-hydroxylation sites is 1. The summed E-state index contributed by atoms with van der Waals surface area (Å²) in [6.45, 7) is 2.10. The largest absolute Gasteiger partial charge is 0.384 e. The Morgan fingerprint density at radius 2 is 1.97 bits per heavy atom. The van der Waals surface area contributed by atoms with Gasteiger partial charge in [-0.1, -0.05) is 29.5 Å². The second-order valence-corrected chi connectivity index (χ2v) is 9.90. The molecule has 1 aliphatic heterocycles. The number of nitrogens with zero attached hydrogens (tertiary/aromatic N) is 3. The summed E-state index contributed by atoms with van der Waals surface area (Å²) >= 11 is 1.56. The van der Waals surface area contributed by atoms with Gasteiger partial charge in [-0.05, 0) is 56.4 Å². The molecule has 1 aliphatic carbocycles. The molecule has 1 amide bonds. The van der Waals surface area contributed by atoms with Crippen molar-refractivity contribution in [3.8, 4) is 0 Å². The Labute approximate surface area is 191 Å². The van der Waals surface area contributed by atoms with E-state index in [4.69, 9.17) is 0 Å². The number of benzene rings is 1. The van der Waals surface area contributed by atoms with Crippen molar-refractivity contribution in [2.24, 2.45) is 0 Å². The lowest BCUT2D eigenvalue weighted by Crippen LogP contribution is -2.44. The fourth-order valence-electron chi connectivity index (χ4n) is 4.96. The van der Waals surface area contributed by atoms with Crippen molar-refractivity contribution in [1.29, 1.82) is 0 Å². The van der Waals surface area contributed by atoms with Crippen LogP contribution in [0.1, 0.15) is 37.8 Å². The van der Waals surface area contributed by atoms with Crippen LogP contribution in [-0.2, 0) is 10.4 Å². The Morgan fingerprint density at radius 1 is 1.16 bits per heavy atom. The number of carbonyl (C=O) groups is 1. The number of pyridine rings is 1. The maximum atomic E-state index is 12.5. The van der Waals surface area contributed by atoms with Crippen LogP contribution in [0.2, 0.25) is 0 Å². The first-order valence-corrected chi connectivity index (χ1v) is 12.2. The number of aromatic nitrogens is 2. The van der Waals surface area contributed by atoms with Gasteiger partial charge < -0.3 is 15.7 Å². The molecule has 8 heteroatoms. The predicted molar refractivity (Wildman–Crippen MR) is 127 cm³/mol. The summed E-state index contributed by atoms with van der Waals surface area (Å²) in [5.41, 5.74) is 0.928. The van der Waals surface area contributed by atoms with E-state index in [-0.39, 0.29) is 18.5 Å². The average Bonchev–Trinajstić information content (AvgIpc) is 3.45. The van der Waals surface area contributed by atoms with Crippen molar-refractivity contribution in [2.75, 3.05) is 25.0 Å². The lowest BCUT2D eigenvalue weighted by Gasteiger charge is -2.39. The molecule has 0 bridgehead atoms. The zero-order valence-electron chi connectivity index (χ0n) is 18.0. The normalized spacial score (nSPS) is 26.3. The molecular weight excluding hydrogens is 422 g/mol. The highest BCUT2D eigenvalue weighted by Crippen LogP contribution is 2.38. The van der Waals surface area contributed by atoms with E-state index in [1.54, 1.807) is 17.5 Å². The van der Waals surface area contributed by atoms with Gasteiger partial charge in [0.25, 0.3) is 0 Å². The number of aliphatic hydroxyl groups is 1. The molecule has 2 fully saturated rings. The predicted octanol–water partition coefficient (Wildman–Crippen LogP) is 3.12. The lowest BCUT2D eigenvalue weighted by atomic mass is 9.79. The number of fused-ring (bicyclic) bond motifs is 1. The molecular formula is C24H29N5O2S. The highest BCUT2D eigenvalue weighted by atomic mass is 32.1. The van der Waals surface area contributed by atoms with Crippen molar-refractivity contribution in [3.63, 3.8) is 0 Å². The SMILES string of the molecule is O=C(CNc1nc2ccccc2s1)N[C@@H]1CCN(C2CCC(O)(c3ccccn3)CC2)C1. The molecule has 168 valence electrons. The number of amides is 1. The van der Waals surface area contributed by atoms with E-state index in [1.807, 2.05) is 42.5 Å². The molecule has 0 radical (unpaired) electrons. The van der Waals surface area contributed by atoms with Crippen molar-refractivity contribution in [1.82, 2.24) is 20.2 Å². The van der Waals surface area contributed by atoms with Gasteiger partial charge in [0.1, 0.15) is 5.60 Å². The smallest absolute Gasteiger partial charge is 0.239 e. The fourth-order valence-corrected chi connectivity index (χ4v) is 5.82. The summed E-state index contributed by atoms with van der Waals surface area (Å²) in [6, 6.07) is 14.4. The van der Waals surface area contributed by atoms with Gasteiger partial charge in [0.05, 0.1) is 22.5 Å². The van der Waals surface area contributed by atoms with Gasteiger partial charge in [-0.15, -0.1) is 0 Å². The number of likely N-dealkylation sites (tertiary alicyclic amines) is 1. The van der Waals surface area contributed by atoms with Crippen LogP contribution in [0, 0.1) is 0 Å². The average molecular weight is 452 g/mol. The van der Waals surface area contributed by atoms with Crippen LogP contribution in [0.15, 0.2) is 48.7 Å². The third kappa shape index (κ3) is 4.62. The number of thiazole rings is 1. The Kier molecular flexibility index (Phi) is 6.08. The lowest BCUT2D eigenvalue weighted by molar-refractivity contribution is -0.120. The fraction of sp³-hybridized carbons (Fsp3) is 0.458. The van der Waals surface area contributed by atoms with Gasteiger partial charge >= 0.3 is 0 Å². The van der Waals surface area contributed by atoms with Crippen LogP contribution in [0.4, 0.5) is 5.13 Å². The number of hydrogen-bond donors (Lipinski definition) is 3. The second-order valence-electron chi connectivity index (χ2n) is 8.87. The summed E-state index contributed by atoms with van der Waals surface area (Å²) in [5, 5.41) is 18.1. The zero-order chi connectivity index (χ0) is 22.0. The van der Waals surface area contributed by atoms with E-state index < -0.39 is 5.60 Å². The maximum absolute atomic E-state index is 12.5. The number of carbonyl (C=O) groups excluding carboxylic acids is 1. The van der Waals surface area contributed by atoms with Gasteiger partial charge in [0.15, 0.2) is 5.13 Å². The molecule has 32 heavy (non-hydrogen) atoms. The summed E-state index contributed by atoms with van der Waals surface area (Å²) in [7, 11) is 0. The molecule has 0 unspecified atom stereocenters. The number of hydrogen-bond acceptors (Lipinski definition) is 7. The number of anilines is 1. The van der Waals surface area contributed by atoms with E-state index in [2.05, 4.69) is 25.5 Å². The monoisotopic (exact) mass is 451 g/mol. The Hall–Kier alpha value is -2.55. The van der Waals surface area contributed by atoms with Crippen LogP contribution in [0.25, 0.3) is 10.2 Å². The third-order valence-corrected chi connectivity index (χ3v) is 7.71. The Balaban J connectivity index is 1.07. The van der Waals surface area contributed by atoms with Gasteiger partial charge in [-0.2, -0.15) is 0 Å². The summed E-state index contributed by atoms with van der Waals surface area (Å²) in [5.74, 6) is 0.00396. The third-order valence-electron chi connectivity index (χ3n) is 6.72. The molecule has 3 N–H and O–H groups in total. The van der Waals surface area contributed by atoms with Crippen LogP contribution >= 0.6 is 11.3 Å². The quantitative estimate of drug-likeness (QED) is 0.534. The van der Waals surface area contributed by atoms with Gasteiger partial charge in [0, 0.05) is 31.4 Å². The first-order valence-electron chi connectivity index (χ1n) is 11.4. The highest BCUT2D eigenvalue weighted by Gasteiger charge is 2.39. The molecule has 2 aliphatic rings. The van der Waals surface area contributed by atoms with E-state index >= 15 is 0 Å². The first kappa shape index (κ1) is 21.3. The van der Waals surface area contributed by atoms with Crippen LogP contribution in [-0.4, -0.2) is 57.6 Å². The topological polar surface area (TPSA) is 90.4 Å². The van der Waals surface area contributed by atoms with Crippen LogP contribution in [0.5, 0.6) is 0 Å². The Morgan fingerprint density at radius 3 is 2.75 bits per heavy atom. The summed E-state index contributed by atoms with van der Waals surface area (Å²) < 4.78 is 1.12. The molecule has 3 heterocycles. The first-order chi connectivity index (χ1) is 15.6. The van der Waals surface area contributed by atoms with Gasteiger partial charge in [0.2, 0.25) is 5.91 Å². The second kappa shape index (κ2) is 9.13. The molecule has 5 rings (SSSR count). The van der Waals surface area contributed by atoms with Crippen LogP contribution < -0.4 is 10.6 Å². The van der Waals surface area contributed by atoms with Crippen molar-refractivity contribution in [3.05, 3.63) is 54.4 Å². The highest BCUT2D eigenvalue weighted by molar-refractivity contribution is 7.22. The number of rotatable bonds is 6. The molecule has 1 saturated heterocycles. The molecule has 7 nitrogen and oxygen atoms in total. The van der Waals surface area contributed by atoms with Crippen molar-refractivity contribution >= 4 is 32.6 Å². The Bertz CT molecular complexity index is 1030. The molecule has 1 atom stereocenters. The zero-order valence-corrected chi connectivity index (χ0v) is 18.9. The minimum atomic E-state index is -0.808. The maximum Gasteiger partial charge on any atom is 0.239 e. The van der Waals surface area contributed by atoms with E-state index in [1.165, 1.54) is 0 Å². The summed E-state index contributed by atoms with van der Waals surface area (Å²) in [4.78, 5) is 23.8. The minimum absolute atomic E-state index is 0.00396. The summed E-state index contributed by atoms with van der Waals surface area (Å²) in [6.07, 6.45) is 6.08.